The minimum Gasteiger partial charge on any atom is -0.452 e. The molecule has 0 aliphatic rings. The molecular formula is C18H17ClN2O5. The molecule has 7 nitrogen and oxygen atoms in total. The second-order valence-corrected chi connectivity index (χ2v) is 6.08. The molecule has 1 amide bonds. The molecule has 8 heteroatoms. The largest absolute Gasteiger partial charge is 0.452 e. The van der Waals surface area contributed by atoms with Crippen LogP contribution in [0.25, 0.3) is 0 Å². The summed E-state index contributed by atoms with van der Waals surface area (Å²) in [4.78, 5) is 34.5. The number of hydrogen-bond donors (Lipinski definition) is 1. The lowest BCUT2D eigenvalue weighted by Crippen LogP contribution is -2.31. The van der Waals surface area contributed by atoms with Crippen molar-refractivity contribution < 1.29 is 19.2 Å². The third kappa shape index (κ3) is 4.80. The maximum Gasteiger partial charge on any atom is 0.345 e. The predicted octanol–water partition coefficient (Wildman–Crippen LogP) is 3.59. The SMILES string of the molecule is Cc1cccc(C(=O)OCC(=O)N[C@@H](C)c2ccc(Cl)cc2)c1[N+](=O)[O-]. The van der Waals surface area contributed by atoms with Gasteiger partial charge in [-0.3, -0.25) is 14.9 Å². The van der Waals surface area contributed by atoms with Crippen molar-refractivity contribution in [3.8, 4) is 0 Å². The summed E-state index contributed by atoms with van der Waals surface area (Å²) in [6.07, 6.45) is 0. The van der Waals surface area contributed by atoms with E-state index >= 15 is 0 Å². The molecule has 26 heavy (non-hydrogen) atoms. The zero-order valence-corrected chi connectivity index (χ0v) is 14.9. The lowest BCUT2D eigenvalue weighted by Gasteiger charge is -2.14. The molecule has 0 radical (unpaired) electrons. The number of para-hydroxylation sites is 1. The number of nitro groups is 1. The fourth-order valence-corrected chi connectivity index (χ4v) is 2.52. The Morgan fingerprint density at radius 3 is 2.50 bits per heavy atom. The Bertz CT molecular complexity index is 836. The highest BCUT2D eigenvalue weighted by molar-refractivity contribution is 6.30. The molecular weight excluding hydrogens is 360 g/mol. The molecule has 2 rings (SSSR count). The number of benzene rings is 2. The van der Waals surface area contributed by atoms with E-state index in [2.05, 4.69) is 5.32 Å². The number of nitrogens with one attached hydrogen (secondary N) is 1. The first-order valence-electron chi connectivity index (χ1n) is 7.75. The first kappa shape index (κ1) is 19.4. The standard InChI is InChI=1S/C18H17ClN2O5/c1-11-4-3-5-15(17(11)21(24)25)18(23)26-10-16(22)20-12(2)13-6-8-14(19)9-7-13/h3-9,12H,10H2,1-2H3,(H,20,22)/t12-/m0/s1. The van der Waals surface area contributed by atoms with Crippen molar-refractivity contribution in [3.05, 3.63) is 74.3 Å². The number of nitro benzene ring substituents is 1. The van der Waals surface area contributed by atoms with Crippen molar-refractivity contribution in [3.63, 3.8) is 0 Å². The van der Waals surface area contributed by atoms with Gasteiger partial charge in [0.05, 0.1) is 11.0 Å². The molecule has 0 unspecified atom stereocenters. The van der Waals surface area contributed by atoms with Gasteiger partial charge in [-0.15, -0.1) is 0 Å². The molecule has 1 atom stereocenters. The molecule has 0 aromatic heterocycles. The van der Waals surface area contributed by atoms with Gasteiger partial charge in [-0.2, -0.15) is 0 Å². The topological polar surface area (TPSA) is 98.5 Å². The highest BCUT2D eigenvalue weighted by Gasteiger charge is 2.24. The molecule has 0 fully saturated rings. The van der Waals surface area contributed by atoms with E-state index in [1.165, 1.54) is 25.1 Å². The smallest absolute Gasteiger partial charge is 0.345 e. The average Bonchev–Trinajstić information content (AvgIpc) is 2.59. The summed E-state index contributed by atoms with van der Waals surface area (Å²) in [6.45, 7) is 2.76. The summed E-state index contributed by atoms with van der Waals surface area (Å²) in [7, 11) is 0. The van der Waals surface area contributed by atoms with Crippen LogP contribution in [0.3, 0.4) is 0 Å². The monoisotopic (exact) mass is 376 g/mol. The van der Waals surface area contributed by atoms with Gasteiger partial charge < -0.3 is 10.1 Å². The van der Waals surface area contributed by atoms with E-state index in [1.807, 2.05) is 0 Å². The molecule has 0 bridgehead atoms. The van der Waals surface area contributed by atoms with E-state index in [1.54, 1.807) is 31.2 Å². The highest BCUT2D eigenvalue weighted by Crippen LogP contribution is 2.23. The van der Waals surface area contributed by atoms with Gasteiger partial charge in [-0.25, -0.2) is 4.79 Å². The Labute approximate surface area is 155 Å². The molecule has 2 aromatic rings. The molecule has 0 saturated heterocycles. The summed E-state index contributed by atoms with van der Waals surface area (Å²) in [5, 5.41) is 14.4. The van der Waals surface area contributed by atoms with Gasteiger partial charge >= 0.3 is 5.97 Å². The van der Waals surface area contributed by atoms with Gasteiger partial charge in [0, 0.05) is 10.6 Å². The summed E-state index contributed by atoms with van der Waals surface area (Å²) < 4.78 is 4.92. The number of carbonyl (C=O) groups is 2. The Morgan fingerprint density at radius 1 is 1.23 bits per heavy atom. The van der Waals surface area contributed by atoms with Crippen LogP contribution >= 0.6 is 11.6 Å². The lowest BCUT2D eigenvalue weighted by molar-refractivity contribution is -0.385. The van der Waals surface area contributed by atoms with Crippen LogP contribution in [-0.2, 0) is 9.53 Å². The Balaban J connectivity index is 1.97. The van der Waals surface area contributed by atoms with E-state index in [9.17, 15) is 19.7 Å². The van der Waals surface area contributed by atoms with Gasteiger partial charge in [-0.1, -0.05) is 35.9 Å². The minimum absolute atomic E-state index is 0.187. The Morgan fingerprint density at radius 2 is 1.88 bits per heavy atom. The van der Waals surface area contributed by atoms with Crippen LogP contribution in [0.2, 0.25) is 5.02 Å². The van der Waals surface area contributed by atoms with Crippen LogP contribution < -0.4 is 5.32 Å². The quantitative estimate of drug-likeness (QED) is 0.472. The van der Waals surface area contributed by atoms with E-state index in [0.29, 0.717) is 10.6 Å². The van der Waals surface area contributed by atoms with Crippen LogP contribution in [0.15, 0.2) is 42.5 Å². The van der Waals surface area contributed by atoms with Crippen LogP contribution in [0.5, 0.6) is 0 Å². The zero-order chi connectivity index (χ0) is 19.3. The van der Waals surface area contributed by atoms with Gasteiger partial charge in [0.2, 0.25) is 0 Å². The van der Waals surface area contributed by atoms with Crippen LogP contribution in [-0.4, -0.2) is 23.4 Å². The van der Waals surface area contributed by atoms with E-state index in [-0.39, 0.29) is 17.3 Å². The van der Waals surface area contributed by atoms with Gasteiger partial charge in [0.25, 0.3) is 11.6 Å². The number of amides is 1. The molecule has 136 valence electrons. The van der Waals surface area contributed by atoms with Crippen molar-refractivity contribution in [2.45, 2.75) is 19.9 Å². The van der Waals surface area contributed by atoms with Crippen molar-refractivity contribution in [2.24, 2.45) is 0 Å². The predicted molar refractivity (Wildman–Crippen MR) is 96.1 cm³/mol. The first-order chi connectivity index (χ1) is 12.3. The van der Waals surface area contributed by atoms with Crippen molar-refractivity contribution in [1.82, 2.24) is 5.32 Å². The maximum absolute atomic E-state index is 12.1. The molecule has 0 saturated carbocycles. The van der Waals surface area contributed by atoms with Crippen LogP contribution in [0, 0.1) is 17.0 Å². The van der Waals surface area contributed by atoms with Gasteiger partial charge in [0.15, 0.2) is 6.61 Å². The second kappa shape index (κ2) is 8.44. The fourth-order valence-electron chi connectivity index (χ4n) is 2.39. The molecule has 0 aliphatic heterocycles. The second-order valence-electron chi connectivity index (χ2n) is 5.65. The molecule has 0 heterocycles. The van der Waals surface area contributed by atoms with E-state index < -0.39 is 23.4 Å². The van der Waals surface area contributed by atoms with Gasteiger partial charge in [-0.05, 0) is 37.6 Å². The molecule has 2 aromatic carbocycles. The van der Waals surface area contributed by atoms with Crippen molar-refractivity contribution >= 4 is 29.2 Å². The van der Waals surface area contributed by atoms with E-state index in [0.717, 1.165) is 5.56 Å². The van der Waals surface area contributed by atoms with Crippen LogP contribution in [0.1, 0.15) is 34.5 Å². The first-order valence-corrected chi connectivity index (χ1v) is 8.13. The molecule has 0 spiro atoms. The molecule has 1 N–H and O–H groups in total. The lowest BCUT2D eigenvalue weighted by atomic mass is 10.1. The highest BCUT2D eigenvalue weighted by atomic mass is 35.5. The third-order valence-electron chi connectivity index (χ3n) is 3.72. The van der Waals surface area contributed by atoms with Crippen molar-refractivity contribution in [1.29, 1.82) is 0 Å². The summed E-state index contributed by atoms with van der Waals surface area (Å²) in [5.41, 5.74) is 0.662. The normalized spacial score (nSPS) is 11.5. The third-order valence-corrected chi connectivity index (χ3v) is 3.97. The number of hydrogen-bond acceptors (Lipinski definition) is 5. The van der Waals surface area contributed by atoms with Crippen molar-refractivity contribution in [2.75, 3.05) is 6.61 Å². The Hall–Kier alpha value is -2.93. The minimum atomic E-state index is -0.922. The average molecular weight is 377 g/mol. The number of ether oxygens (including phenoxy) is 1. The molecule has 0 aliphatic carbocycles. The maximum atomic E-state index is 12.1. The fraction of sp³-hybridized carbons (Fsp3) is 0.222. The summed E-state index contributed by atoms with van der Waals surface area (Å²) in [6, 6.07) is 11.0. The zero-order valence-electron chi connectivity index (χ0n) is 14.2. The number of rotatable bonds is 6. The number of halogens is 1. The number of carbonyl (C=O) groups excluding carboxylic acids is 2. The summed E-state index contributed by atoms with van der Waals surface area (Å²) in [5.74, 6) is -1.44. The Kier molecular flexibility index (Phi) is 6.30. The number of nitrogens with zero attached hydrogens (tertiary/aromatic N) is 1. The van der Waals surface area contributed by atoms with Gasteiger partial charge in [0.1, 0.15) is 5.56 Å². The van der Waals surface area contributed by atoms with E-state index in [4.69, 9.17) is 16.3 Å². The number of esters is 1. The number of aryl methyl sites for hydroxylation is 1. The van der Waals surface area contributed by atoms with Crippen LogP contribution in [0.4, 0.5) is 5.69 Å². The summed E-state index contributed by atoms with van der Waals surface area (Å²) >= 11 is 5.82.